The monoisotopic (exact) mass is 134 g/mol. The molecule has 0 saturated carbocycles. The molecule has 1 aliphatic heterocycles. The molecule has 1 nitrogen and oxygen atoms in total. The second-order valence-electron chi connectivity index (χ2n) is 2.99. The summed E-state index contributed by atoms with van der Waals surface area (Å²) in [5.41, 5.74) is -0.0471. The number of hydrogen-bond donors (Lipinski definition) is 0. The quantitative estimate of drug-likeness (QED) is 0.394. The van der Waals surface area contributed by atoms with Gasteiger partial charge in [-0.3, -0.25) is 0 Å². The Bertz CT molecular complexity index is 96.3. The molecule has 0 aromatic carbocycles. The zero-order chi connectivity index (χ0) is 6.41. The predicted octanol–water partition coefficient (Wildman–Crippen LogP) is 1.79. The Labute approximate surface area is 55.0 Å². The van der Waals surface area contributed by atoms with E-state index in [9.17, 15) is 0 Å². The lowest BCUT2D eigenvalue weighted by Crippen LogP contribution is -2.30. The van der Waals surface area contributed by atoms with E-state index in [-0.39, 0.29) is 10.5 Å². The Morgan fingerprint density at radius 2 is 2.00 bits per heavy atom. The number of ether oxygens (including phenoxy) is 1. The number of alkyl halides is 1. The van der Waals surface area contributed by atoms with Gasteiger partial charge in [-0.15, -0.1) is 11.6 Å². The summed E-state index contributed by atoms with van der Waals surface area (Å²) in [7, 11) is 0. The van der Waals surface area contributed by atoms with Crippen LogP contribution in [0, 0.1) is 0 Å². The largest absolute Gasteiger partial charge is 0.368 e. The molecule has 0 bridgehead atoms. The van der Waals surface area contributed by atoms with Crippen LogP contribution in [0.4, 0.5) is 0 Å². The summed E-state index contributed by atoms with van der Waals surface area (Å²) in [6.07, 6.45) is 0. The fraction of sp³-hybridized carbons (Fsp3) is 1.00. The summed E-state index contributed by atoms with van der Waals surface area (Å²) in [4.78, 5) is -0.201. The molecule has 1 fully saturated rings. The Hall–Kier alpha value is 0.250. The lowest BCUT2D eigenvalue weighted by atomic mass is 9.98. The first-order chi connectivity index (χ1) is 3.46. The van der Waals surface area contributed by atoms with E-state index < -0.39 is 0 Å². The summed E-state index contributed by atoms with van der Waals surface area (Å²) in [6.45, 7) is 6.78. The van der Waals surface area contributed by atoms with E-state index >= 15 is 0 Å². The summed E-state index contributed by atoms with van der Waals surface area (Å²) in [6, 6.07) is 0. The maximum Gasteiger partial charge on any atom is 0.107 e. The molecular formula is C6H11ClO. The summed E-state index contributed by atoms with van der Waals surface area (Å²) < 4.78 is 5.13. The fourth-order valence-electron chi connectivity index (χ4n) is 0.451. The van der Waals surface area contributed by atoms with Crippen LogP contribution in [-0.4, -0.2) is 17.1 Å². The van der Waals surface area contributed by atoms with Crippen molar-refractivity contribution in [3.63, 3.8) is 0 Å². The summed E-state index contributed by atoms with van der Waals surface area (Å²) in [5, 5.41) is 0. The minimum atomic E-state index is -0.201. The average Bonchev–Trinajstić information content (AvgIpc) is 2.16. The van der Waals surface area contributed by atoms with Gasteiger partial charge in [0.05, 0.1) is 11.5 Å². The van der Waals surface area contributed by atoms with Crippen LogP contribution in [0.1, 0.15) is 20.8 Å². The highest BCUT2D eigenvalue weighted by atomic mass is 35.5. The molecule has 0 spiro atoms. The molecule has 0 aromatic rings. The van der Waals surface area contributed by atoms with Crippen molar-refractivity contribution in [2.45, 2.75) is 31.2 Å². The third-order valence-electron chi connectivity index (χ3n) is 1.83. The van der Waals surface area contributed by atoms with Gasteiger partial charge in [0.25, 0.3) is 0 Å². The molecule has 1 heterocycles. The molecule has 48 valence electrons. The molecule has 0 amide bonds. The molecule has 2 heteroatoms. The maximum atomic E-state index is 5.95. The molecule has 0 N–H and O–H groups in total. The van der Waals surface area contributed by atoms with Gasteiger partial charge in [0.2, 0.25) is 0 Å². The van der Waals surface area contributed by atoms with Crippen molar-refractivity contribution < 1.29 is 4.74 Å². The second kappa shape index (κ2) is 1.39. The van der Waals surface area contributed by atoms with Gasteiger partial charge in [-0.05, 0) is 20.8 Å². The smallest absolute Gasteiger partial charge is 0.107 e. The van der Waals surface area contributed by atoms with Crippen molar-refractivity contribution in [3.05, 3.63) is 0 Å². The highest BCUT2D eigenvalue weighted by molar-refractivity contribution is 6.24. The first kappa shape index (κ1) is 6.37. The highest BCUT2D eigenvalue weighted by Gasteiger charge is 2.51. The summed E-state index contributed by atoms with van der Waals surface area (Å²) in [5.74, 6) is 0. The summed E-state index contributed by atoms with van der Waals surface area (Å²) >= 11 is 5.95. The molecule has 1 rings (SSSR count). The Morgan fingerprint density at radius 3 is 2.00 bits per heavy atom. The Kier molecular flexibility index (Phi) is 1.11. The minimum Gasteiger partial charge on any atom is -0.368 e. The van der Waals surface area contributed by atoms with Gasteiger partial charge >= 0.3 is 0 Å². The van der Waals surface area contributed by atoms with E-state index in [1.807, 2.05) is 20.8 Å². The van der Waals surface area contributed by atoms with Crippen LogP contribution in [-0.2, 0) is 4.74 Å². The average molecular weight is 135 g/mol. The van der Waals surface area contributed by atoms with Gasteiger partial charge in [0.15, 0.2) is 0 Å². The number of hydrogen-bond acceptors (Lipinski definition) is 1. The predicted molar refractivity (Wildman–Crippen MR) is 34.3 cm³/mol. The van der Waals surface area contributed by atoms with Crippen LogP contribution >= 0.6 is 11.6 Å². The molecule has 1 atom stereocenters. The second-order valence-corrected chi connectivity index (χ2v) is 3.94. The normalized spacial score (nSPS) is 37.5. The molecule has 0 unspecified atom stereocenters. The van der Waals surface area contributed by atoms with Gasteiger partial charge in [0, 0.05) is 0 Å². The number of rotatable bonds is 1. The third kappa shape index (κ3) is 0.848. The molecule has 0 aliphatic carbocycles. The van der Waals surface area contributed by atoms with Crippen molar-refractivity contribution in [3.8, 4) is 0 Å². The van der Waals surface area contributed by atoms with Gasteiger partial charge in [-0.1, -0.05) is 0 Å². The SMILES string of the molecule is CC(C)(Cl)[C@@]1(C)CO1. The van der Waals surface area contributed by atoms with Crippen LogP contribution in [0.2, 0.25) is 0 Å². The minimum absolute atomic E-state index is 0.0471. The topological polar surface area (TPSA) is 12.5 Å². The molecular weight excluding hydrogens is 124 g/mol. The first-order valence-electron chi connectivity index (χ1n) is 2.79. The van der Waals surface area contributed by atoms with Crippen LogP contribution in [0.3, 0.4) is 0 Å². The van der Waals surface area contributed by atoms with Gasteiger partial charge in [-0.2, -0.15) is 0 Å². The van der Waals surface area contributed by atoms with Crippen molar-refractivity contribution in [2.75, 3.05) is 6.61 Å². The van der Waals surface area contributed by atoms with Crippen LogP contribution in [0.5, 0.6) is 0 Å². The van der Waals surface area contributed by atoms with Crippen molar-refractivity contribution in [1.29, 1.82) is 0 Å². The highest BCUT2D eigenvalue weighted by Crippen LogP contribution is 2.41. The number of epoxide rings is 1. The van der Waals surface area contributed by atoms with E-state index in [1.165, 1.54) is 0 Å². The van der Waals surface area contributed by atoms with Gasteiger partial charge < -0.3 is 4.74 Å². The lowest BCUT2D eigenvalue weighted by Gasteiger charge is -2.19. The maximum absolute atomic E-state index is 5.95. The van der Waals surface area contributed by atoms with Crippen molar-refractivity contribution in [1.82, 2.24) is 0 Å². The standard InChI is InChI=1S/C6H11ClO/c1-5(2,7)6(3)4-8-6/h4H2,1-3H3/t6-/m1/s1. The van der Waals surface area contributed by atoms with E-state index in [2.05, 4.69) is 0 Å². The lowest BCUT2D eigenvalue weighted by molar-refractivity contribution is 0.276. The van der Waals surface area contributed by atoms with Crippen LogP contribution in [0.15, 0.2) is 0 Å². The molecule has 1 aliphatic rings. The molecule has 0 radical (unpaired) electrons. The first-order valence-corrected chi connectivity index (χ1v) is 3.16. The Balaban J connectivity index is 2.58. The fourth-order valence-corrected chi connectivity index (χ4v) is 0.561. The van der Waals surface area contributed by atoms with Gasteiger partial charge in [-0.25, -0.2) is 0 Å². The third-order valence-corrected chi connectivity index (χ3v) is 2.23. The van der Waals surface area contributed by atoms with E-state index in [0.717, 1.165) is 6.61 Å². The van der Waals surface area contributed by atoms with Crippen LogP contribution in [0.25, 0.3) is 0 Å². The van der Waals surface area contributed by atoms with E-state index in [0.29, 0.717) is 0 Å². The van der Waals surface area contributed by atoms with Gasteiger partial charge in [0.1, 0.15) is 5.60 Å². The van der Waals surface area contributed by atoms with Crippen molar-refractivity contribution >= 4 is 11.6 Å². The van der Waals surface area contributed by atoms with E-state index in [1.54, 1.807) is 0 Å². The van der Waals surface area contributed by atoms with Crippen molar-refractivity contribution in [2.24, 2.45) is 0 Å². The zero-order valence-electron chi connectivity index (χ0n) is 5.49. The zero-order valence-corrected chi connectivity index (χ0v) is 6.25. The molecule has 8 heavy (non-hydrogen) atoms. The molecule has 0 aromatic heterocycles. The van der Waals surface area contributed by atoms with E-state index in [4.69, 9.17) is 16.3 Å². The Morgan fingerprint density at radius 1 is 1.62 bits per heavy atom. The van der Waals surface area contributed by atoms with Crippen LogP contribution < -0.4 is 0 Å². The number of halogens is 1. The molecule has 1 saturated heterocycles.